The van der Waals surface area contributed by atoms with Gasteiger partial charge >= 0.3 is 0 Å². The molecule has 98 valence electrons. The van der Waals surface area contributed by atoms with E-state index in [1.165, 1.54) is 5.56 Å². The summed E-state index contributed by atoms with van der Waals surface area (Å²) in [6.45, 7) is 0.660. The van der Waals surface area contributed by atoms with Gasteiger partial charge in [-0.3, -0.25) is 4.84 Å². The van der Waals surface area contributed by atoms with Crippen molar-refractivity contribution in [2.75, 3.05) is 11.7 Å². The minimum absolute atomic E-state index is 0.142. The van der Waals surface area contributed by atoms with Crippen molar-refractivity contribution in [2.24, 2.45) is 0 Å². The van der Waals surface area contributed by atoms with Gasteiger partial charge in [0.1, 0.15) is 0 Å². The van der Waals surface area contributed by atoms with Crippen LogP contribution in [-0.4, -0.2) is 16.6 Å². The summed E-state index contributed by atoms with van der Waals surface area (Å²) in [5.41, 5.74) is 1.20. The smallest absolute Gasteiger partial charge is 0.224 e. The van der Waals surface area contributed by atoms with E-state index >= 15 is 0 Å². The molecule has 0 unspecified atom stereocenters. The van der Waals surface area contributed by atoms with Crippen molar-refractivity contribution in [3.05, 3.63) is 51.8 Å². The molecule has 3 rings (SSSR count). The normalized spacial score (nSPS) is 18.8. The lowest BCUT2D eigenvalue weighted by Crippen LogP contribution is -2.22. The first kappa shape index (κ1) is 12.8. The zero-order valence-corrected chi connectivity index (χ0v) is 12.3. The topological polar surface area (TPSA) is 38.2 Å². The van der Waals surface area contributed by atoms with Crippen molar-refractivity contribution in [1.29, 1.82) is 0 Å². The molecule has 19 heavy (non-hydrogen) atoms. The van der Waals surface area contributed by atoms with Gasteiger partial charge < -0.3 is 0 Å². The summed E-state index contributed by atoms with van der Waals surface area (Å²) < 4.78 is 0.764. The van der Waals surface area contributed by atoms with E-state index in [4.69, 9.17) is 16.4 Å². The number of hydrogen-bond donors (Lipinski definition) is 0. The molecule has 6 heteroatoms. The van der Waals surface area contributed by atoms with Crippen molar-refractivity contribution in [3.63, 3.8) is 0 Å². The number of rotatable bonds is 2. The number of nitrogens with zero attached hydrogens (tertiary/aromatic N) is 3. The highest BCUT2D eigenvalue weighted by Crippen LogP contribution is 2.37. The second-order valence-electron chi connectivity index (χ2n) is 4.18. The molecular weight excluding hydrogens is 330 g/mol. The van der Waals surface area contributed by atoms with Gasteiger partial charge in [0.05, 0.1) is 17.1 Å². The minimum Gasteiger partial charge on any atom is -0.271 e. The van der Waals surface area contributed by atoms with Crippen molar-refractivity contribution in [3.8, 4) is 0 Å². The van der Waals surface area contributed by atoms with Gasteiger partial charge in [0, 0.05) is 12.6 Å². The highest BCUT2D eigenvalue weighted by molar-refractivity contribution is 9.10. The lowest BCUT2D eigenvalue weighted by atomic mass is 10.0. The predicted molar refractivity (Wildman–Crippen MR) is 77.0 cm³/mol. The van der Waals surface area contributed by atoms with E-state index in [1.807, 2.05) is 18.2 Å². The number of halogens is 2. The monoisotopic (exact) mass is 339 g/mol. The van der Waals surface area contributed by atoms with E-state index in [1.54, 1.807) is 11.3 Å². The van der Waals surface area contributed by atoms with E-state index in [2.05, 4.69) is 38.0 Å². The summed E-state index contributed by atoms with van der Waals surface area (Å²) in [4.78, 5) is 13.9. The van der Waals surface area contributed by atoms with Gasteiger partial charge in [-0.2, -0.15) is 4.98 Å². The first-order valence-corrected chi connectivity index (χ1v) is 7.08. The van der Waals surface area contributed by atoms with Crippen LogP contribution < -0.4 is 5.06 Å². The molecule has 1 aliphatic heterocycles. The summed E-state index contributed by atoms with van der Waals surface area (Å²) in [5.74, 6) is 0.659. The van der Waals surface area contributed by atoms with E-state index in [0.29, 0.717) is 12.4 Å². The average Bonchev–Trinajstić information content (AvgIpc) is 2.91. The molecule has 0 amide bonds. The Kier molecular flexibility index (Phi) is 3.68. The number of anilines is 1. The highest BCUT2D eigenvalue weighted by Gasteiger charge is 2.30. The lowest BCUT2D eigenvalue weighted by molar-refractivity contribution is 0.156. The molecule has 1 aliphatic rings. The van der Waals surface area contributed by atoms with Crippen LogP contribution in [0.4, 0.5) is 5.82 Å². The van der Waals surface area contributed by atoms with Gasteiger partial charge in [-0.05, 0) is 33.1 Å². The number of aromatic nitrogens is 2. The van der Waals surface area contributed by atoms with Crippen molar-refractivity contribution in [1.82, 2.24) is 9.97 Å². The van der Waals surface area contributed by atoms with Crippen molar-refractivity contribution in [2.45, 2.75) is 12.5 Å². The standard InChI is InChI=1S/C13H11BrClN3O/c14-10-8-16-13(15)17-12(10)18-11(6-7-19-18)9-4-2-1-3-5-9/h1-5,8,11H,6-7H2/t11-/m0/s1. The molecule has 1 saturated heterocycles. The van der Waals surface area contributed by atoms with Crippen LogP contribution in [-0.2, 0) is 4.84 Å². The van der Waals surface area contributed by atoms with Crippen LogP contribution in [0.5, 0.6) is 0 Å². The molecule has 0 bridgehead atoms. The zero-order chi connectivity index (χ0) is 13.2. The van der Waals surface area contributed by atoms with Crippen LogP contribution in [0.3, 0.4) is 0 Å². The molecule has 1 fully saturated rings. The molecule has 4 nitrogen and oxygen atoms in total. The molecule has 0 aliphatic carbocycles. The molecule has 0 N–H and O–H groups in total. The lowest BCUT2D eigenvalue weighted by Gasteiger charge is -2.24. The maximum absolute atomic E-state index is 5.86. The fourth-order valence-corrected chi connectivity index (χ4v) is 2.64. The first-order chi connectivity index (χ1) is 9.25. The van der Waals surface area contributed by atoms with E-state index in [9.17, 15) is 0 Å². The highest BCUT2D eigenvalue weighted by atomic mass is 79.9. The van der Waals surface area contributed by atoms with Gasteiger partial charge in [0.15, 0.2) is 5.82 Å². The summed E-state index contributed by atoms with van der Waals surface area (Å²) in [6.07, 6.45) is 2.55. The van der Waals surface area contributed by atoms with Crippen LogP contribution in [0.15, 0.2) is 41.0 Å². The largest absolute Gasteiger partial charge is 0.271 e. The Morgan fingerprint density at radius 1 is 1.32 bits per heavy atom. The summed E-state index contributed by atoms with van der Waals surface area (Å²) in [7, 11) is 0. The fourth-order valence-electron chi connectivity index (χ4n) is 2.15. The first-order valence-electron chi connectivity index (χ1n) is 5.91. The maximum atomic E-state index is 5.86. The quantitative estimate of drug-likeness (QED) is 0.780. The molecule has 0 saturated carbocycles. The Labute approximate surface area is 124 Å². The fraction of sp³-hybridized carbons (Fsp3) is 0.231. The molecule has 0 spiro atoms. The molecule has 1 atom stereocenters. The van der Waals surface area contributed by atoms with Crippen molar-refractivity contribution < 1.29 is 4.84 Å². The molecule has 2 heterocycles. The third-order valence-corrected chi connectivity index (χ3v) is 3.74. The van der Waals surface area contributed by atoms with Gasteiger partial charge in [0.2, 0.25) is 5.28 Å². The van der Waals surface area contributed by atoms with E-state index < -0.39 is 0 Å². The second-order valence-corrected chi connectivity index (χ2v) is 5.38. The third kappa shape index (κ3) is 2.59. The summed E-state index contributed by atoms with van der Waals surface area (Å²) >= 11 is 9.30. The molecule has 1 aromatic heterocycles. The Morgan fingerprint density at radius 2 is 2.11 bits per heavy atom. The van der Waals surface area contributed by atoms with Crippen molar-refractivity contribution >= 4 is 33.3 Å². The van der Waals surface area contributed by atoms with Gasteiger partial charge in [-0.1, -0.05) is 30.3 Å². The van der Waals surface area contributed by atoms with Crippen LogP contribution in [0.25, 0.3) is 0 Å². The van der Waals surface area contributed by atoms with Gasteiger partial charge in [-0.15, -0.1) is 0 Å². The summed E-state index contributed by atoms with van der Waals surface area (Å²) in [5, 5.41) is 2.01. The van der Waals surface area contributed by atoms with Crippen LogP contribution in [0, 0.1) is 0 Å². The Balaban J connectivity index is 1.97. The van der Waals surface area contributed by atoms with Crippen LogP contribution >= 0.6 is 27.5 Å². The van der Waals surface area contributed by atoms with Crippen LogP contribution in [0.1, 0.15) is 18.0 Å². The Bertz CT molecular complexity index is 581. The van der Waals surface area contributed by atoms with Crippen LogP contribution in [0.2, 0.25) is 5.28 Å². The summed E-state index contributed by atoms with van der Waals surface area (Å²) in [6, 6.07) is 10.4. The number of benzene rings is 1. The van der Waals surface area contributed by atoms with E-state index in [-0.39, 0.29) is 11.3 Å². The van der Waals surface area contributed by atoms with Gasteiger partial charge in [0.25, 0.3) is 0 Å². The third-order valence-electron chi connectivity index (χ3n) is 2.99. The minimum atomic E-state index is 0.142. The molecular formula is C13H11BrClN3O. The predicted octanol–water partition coefficient (Wildman–Crippen LogP) is 3.78. The second kappa shape index (κ2) is 5.45. The Hall–Kier alpha value is -1.17. The Morgan fingerprint density at radius 3 is 2.89 bits per heavy atom. The van der Waals surface area contributed by atoms with Gasteiger partial charge in [-0.25, -0.2) is 10.0 Å². The maximum Gasteiger partial charge on any atom is 0.224 e. The molecule has 1 aromatic carbocycles. The zero-order valence-electron chi connectivity index (χ0n) is 9.96. The number of hydrogen-bond acceptors (Lipinski definition) is 4. The average molecular weight is 341 g/mol. The number of hydroxylamine groups is 1. The van der Waals surface area contributed by atoms with E-state index in [0.717, 1.165) is 10.9 Å². The SMILES string of the molecule is Clc1ncc(Br)c(N2OCC[C@H]2c2ccccc2)n1. The molecule has 2 aromatic rings. The molecule has 0 radical (unpaired) electrons.